The van der Waals surface area contributed by atoms with Gasteiger partial charge in [-0.1, -0.05) is 48.5 Å². The Morgan fingerprint density at radius 2 is 1.31 bits per heavy atom. The molecule has 0 amide bonds. The average Bonchev–Trinajstić information content (AvgIpc) is 2.74. The highest BCUT2D eigenvalue weighted by Gasteiger charge is 2.17. The second kappa shape index (κ2) is 9.75. The van der Waals surface area contributed by atoms with E-state index in [0.717, 1.165) is 48.7 Å². The van der Waals surface area contributed by atoms with E-state index in [1.54, 1.807) is 0 Å². The molecule has 0 N–H and O–H groups in total. The number of hydrogen-bond donors (Lipinski definition) is 0. The van der Waals surface area contributed by atoms with Crippen LogP contribution < -0.4 is 28.7 Å². The Hall–Kier alpha value is -2.59. The van der Waals surface area contributed by atoms with E-state index < -0.39 is 10.2 Å². The number of ether oxygens (including phenoxy) is 1. The molecular formula is C20H19ClN2O6. The van der Waals surface area contributed by atoms with Gasteiger partial charge in [0.05, 0.1) is 24.8 Å². The molecule has 0 unspecified atom stereocenters. The minimum absolute atomic E-state index is 0.637. The highest BCUT2D eigenvalue weighted by Crippen LogP contribution is 2.22. The Morgan fingerprint density at radius 1 is 0.793 bits per heavy atom. The Labute approximate surface area is 169 Å². The van der Waals surface area contributed by atoms with Gasteiger partial charge in [0.1, 0.15) is 18.8 Å². The molecule has 1 saturated heterocycles. The summed E-state index contributed by atoms with van der Waals surface area (Å²) in [4.78, 5) is 4.76. The predicted octanol–water partition coefficient (Wildman–Crippen LogP) is -1.94. The summed E-state index contributed by atoms with van der Waals surface area (Å²) < 4.78 is 47.8. The van der Waals surface area contributed by atoms with Crippen molar-refractivity contribution in [2.24, 2.45) is 0 Å². The maximum absolute atomic E-state index is 8.49. The molecule has 0 aliphatic carbocycles. The van der Waals surface area contributed by atoms with Crippen LogP contribution in [0.1, 0.15) is 0 Å². The van der Waals surface area contributed by atoms with E-state index in [-0.39, 0.29) is 0 Å². The van der Waals surface area contributed by atoms with Crippen LogP contribution in [0.2, 0.25) is 0 Å². The van der Waals surface area contributed by atoms with Crippen LogP contribution in [0, 0.1) is 10.2 Å². The third kappa shape index (κ3) is 6.75. The lowest BCUT2D eigenvalue weighted by atomic mass is 10.1. The van der Waals surface area contributed by atoms with Gasteiger partial charge in [-0.3, -0.25) is 4.58 Å². The predicted molar refractivity (Wildman–Crippen MR) is 93.2 cm³/mol. The van der Waals surface area contributed by atoms with Crippen molar-refractivity contribution in [3.63, 3.8) is 0 Å². The van der Waals surface area contributed by atoms with Crippen molar-refractivity contribution in [3.8, 4) is 22.8 Å². The molecule has 3 aromatic rings. The van der Waals surface area contributed by atoms with Gasteiger partial charge in [-0.05, 0) is 17.1 Å². The Balaban J connectivity index is 0.000000431. The molecule has 0 atom stereocenters. The second-order valence-corrected chi connectivity index (χ2v) is 6.85. The summed E-state index contributed by atoms with van der Waals surface area (Å²) in [6.07, 6.45) is 0. The minimum atomic E-state index is -4.94. The van der Waals surface area contributed by atoms with E-state index in [1.165, 1.54) is 0 Å². The van der Waals surface area contributed by atoms with E-state index in [4.69, 9.17) is 32.8 Å². The third-order valence-electron chi connectivity index (χ3n) is 4.10. The van der Waals surface area contributed by atoms with Crippen molar-refractivity contribution in [2.75, 3.05) is 26.3 Å². The Kier molecular flexibility index (Phi) is 7.10. The molecule has 1 aliphatic rings. The van der Waals surface area contributed by atoms with E-state index in [1.807, 2.05) is 54.6 Å². The van der Waals surface area contributed by atoms with Crippen molar-refractivity contribution in [1.29, 1.82) is 0 Å². The topological polar surface area (TPSA) is 131 Å². The van der Waals surface area contributed by atoms with Crippen molar-refractivity contribution in [1.82, 2.24) is 9.56 Å². The van der Waals surface area contributed by atoms with E-state index in [0.29, 0.717) is 5.89 Å². The number of rotatable bonds is 2. The molecule has 0 bridgehead atoms. The number of morpholine rings is 1. The van der Waals surface area contributed by atoms with Crippen molar-refractivity contribution < 1.29 is 38.0 Å². The largest absolute Gasteiger partial charge is 0.419 e. The molecule has 8 nitrogen and oxygen atoms in total. The fraction of sp³-hybridized carbons (Fsp3) is 0.200. The molecular weight excluding hydrogens is 400 g/mol. The first-order valence-electron chi connectivity index (χ1n) is 8.80. The lowest BCUT2D eigenvalue weighted by molar-refractivity contribution is -2.00. The standard InChI is InChI=1S/C20H19N2O2.ClHO4/c1-3-7-16(8-4-1)18-15-19(22-11-13-23-14-12-22)21-20(24-18)17-9-5-2-6-10-17;2-1(3,4)5/h1-10,15H,11-14H2;(H,2,3,4,5)/q+1;/p-1. The molecule has 4 rings (SSSR count). The van der Waals surface area contributed by atoms with Gasteiger partial charge in [-0.2, -0.15) is 0 Å². The van der Waals surface area contributed by atoms with Gasteiger partial charge in [-0.25, -0.2) is 18.6 Å². The Morgan fingerprint density at radius 3 is 1.86 bits per heavy atom. The minimum Gasteiger partial charge on any atom is -0.419 e. The summed E-state index contributed by atoms with van der Waals surface area (Å²) in [6.45, 7) is 3.16. The molecule has 2 aromatic carbocycles. The molecule has 1 aromatic heterocycles. The quantitative estimate of drug-likeness (QED) is 0.442. The van der Waals surface area contributed by atoms with Crippen LogP contribution in [0.4, 0.5) is 0 Å². The molecule has 29 heavy (non-hydrogen) atoms. The smallest absolute Gasteiger partial charge is 0.341 e. The highest BCUT2D eigenvalue weighted by atomic mass is 35.7. The van der Waals surface area contributed by atoms with Crippen molar-refractivity contribution >= 4 is 0 Å². The normalized spacial score (nSPS) is 14.1. The van der Waals surface area contributed by atoms with Gasteiger partial charge < -0.3 is 9.15 Å². The highest BCUT2D eigenvalue weighted by molar-refractivity contribution is 5.59. The van der Waals surface area contributed by atoms with Crippen LogP contribution in [-0.4, -0.2) is 31.3 Å². The summed E-state index contributed by atoms with van der Waals surface area (Å²) in [5, 5.41) is 0. The molecule has 1 fully saturated rings. The summed E-state index contributed by atoms with van der Waals surface area (Å²) >= 11 is 0. The van der Waals surface area contributed by atoms with E-state index >= 15 is 0 Å². The first-order valence-corrected chi connectivity index (χ1v) is 10.0. The molecule has 0 saturated carbocycles. The fourth-order valence-electron chi connectivity index (χ4n) is 2.81. The molecule has 9 heteroatoms. The van der Waals surface area contributed by atoms with Crippen molar-refractivity contribution in [3.05, 3.63) is 72.2 Å². The van der Waals surface area contributed by atoms with Crippen LogP contribution in [0.25, 0.3) is 22.8 Å². The first kappa shape index (κ1) is 21.1. The molecule has 0 spiro atoms. The summed E-state index contributed by atoms with van der Waals surface area (Å²) in [5.74, 6) is 1.46. The van der Waals surface area contributed by atoms with Crippen LogP contribution >= 0.6 is 0 Å². The maximum Gasteiger partial charge on any atom is 0.341 e. The number of benzene rings is 2. The van der Waals surface area contributed by atoms with Gasteiger partial charge >= 0.3 is 11.4 Å². The first-order chi connectivity index (χ1) is 13.9. The maximum atomic E-state index is 8.49. The van der Waals surface area contributed by atoms with Gasteiger partial charge in [0, 0.05) is 5.56 Å². The molecule has 1 aliphatic heterocycles. The number of halogens is 1. The van der Waals surface area contributed by atoms with Gasteiger partial charge in [-0.15, -0.1) is 10.2 Å². The van der Waals surface area contributed by atoms with Gasteiger partial charge in [0.2, 0.25) is 0 Å². The van der Waals surface area contributed by atoms with Crippen LogP contribution in [0.15, 0.2) is 71.1 Å². The lowest BCUT2D eigenvalue weighted by Gasteiger charge is -2.17. The van der Waals surface area contributed by atoms with E-state index in [9.17, 15) is 0 Å². The van der Waals surface area contributed by atoms with Crippen LogP contribution in [0.3, 0.4) is 0 Å². The number of hydrogen-bond acceptors (Lipinski definition) is 7. The monoisotopic (exact) mass is 418 g/mol. The van der Waals surface area contributed by atoms with Crippen LogP contribution in [0.5, 0.6) is 0 Å². The third-order valence-corrected chi connectivity index (χ3v) is 4.10. The number of aromatic nitrogens is 1. The zero-order valence-electron chi connectivity index (χ0n) is 15.4. The Bertz CT molecular complexity index is 912. The molecule has 152 valence electrons. The van der Waals surface area contributed by atoms with Crippen LogP contribution in [-0.2, 0) is 4.74 Å². The van der Waals surface area contributed by atoms with Crippen molar-refractivity contribution in [2.45, 2.75) is 0 Å². The van der Waals surface area contributed by atoms with E-state index in [2.05, 4.69) is 16.7 Å². The summed E-state index contributed by atoms with van der Waals surface area (Å²) in [7, 11) is -4.94. The van der Waals surface area contributed by atoms with Gasteiger partial charge in [0.15, 0.2) is 0 Å². The fourth-order valence-corrected chi connectivity index (χ4v) is 2.81. The molecule has 2 heterocycles. The number of nitrogens with zero attached hydrogens (tertiary/aromatic N) is 2. The zero-order chi connectivity index (χ0) is 20.7. The summed E-state index contributed by atoms with van der Waals surface area (Å²) in [6, 6.07) is 22.2. The van der Waals surface area contributed by atoms with Gasteiger partial charge in [0.25, 0.3) is 0 Å². The summed E-state index contributed by atoms with van der Waals surface area (Å²) in [5.41, 5.74) is 2.96. The zero-order valence-corrected chi connectivity index (χ0v) is 16.2. The average molecular weight is 419 g/mol. The second-order valence-electron chi connectivity index (χ2n) is 6.10. The SMILES string of the molecule is [O-][Cl+3]([O-])([O-])[O-].c1ccc(-c2cc(=[N+]3CCOCC3)nc(-c3ccccc3)o2)cc1. The lowest BCUT2D eigenvalue weighted by Crippen LogP contribution is -2.68. The molecule has 0 radical (unpaired) electrons.